The molecule has 7 aromatic rings. The zero-order valence-corrected chi connectivity index (χ0v) is 23.4. The van der Waals surface area contributed by atoms with Crippen LogP contribution in [0.1, 0.15) is 22.3 Å². The summed E-state index contributed by atoms with van der Waals surface area (Å²) in [6.45, 7) is 0. The van der Waals surface area contributed by atoms with Gasteiger partial charge in [0.25, 0.3) is 0 Å². The van der Waals surface area contributed by atoms with E-state index in [0.29, 0.717) is 0 Å². The quantitative estimate of drug-likeness (QED) is 0.201. The van der Waals surface area contributed by atoms with Crippen molar-refractivity contribution in [2.45, 2.75) is 15.2 Å². The number of hydrogen-bond donors (Lipinski definition) is 0. The molecule has 0 saturated heterocycles. The van der Waals surface area contributed by atoms with Crippen LogP contribution in [0.5, 0.6) is 0 Å². The van der Waals surface area contributed by atoms with E-state index in [9.17, 15) is 0 Å². The number of para-hydroxylation sites is 3. The van der Waals surface area contributed by atoms with Crippen LogP contribution >= 0.6 is 11.8 Å². The number of hydrogen-bond acceptors (Lipinski definition) is 3. The van der Waals surface area contributed by atoms with Crippen molar-refractivity contribution < 1.29 is 4.42 Å². The smallest absolute Gasteiger partial charge is 0.140 e. The number of rotatable bonds is 1. The summed E-state index contributed by atoms with van der Waals surface area (Å²) in [6, 6.07) is 50.8. The maximum absolute atomic E-state index is 6.81. The predicted octanol–water partition coefficient (Wildman–Crippen LogP) is 10.7. The van der Waals surface area contributed by atoms with Crippen molar-refractivity contribution in [3.05, 3.63) is 162 Å². The lowest BCUT2D eigenvalue weighted by molar-refractivity contribution is 0.628. The van der Waals surface area contributed by atoms with Gasteiger partial charge >= 0.3 is 0 Å². The zero-order chi connectivity index (χ0) is 27.4. The Morgan fingerprint density at radius 3 is 1.74 bits per heavy atom. The minimum Gasteiger partial charge on any atom is -0.456 e. The van der Waals surface area contributed by atoms with Crippen LogP contribution in [0.3, 0.4) is 0 Å². The summed E-state index contributed by atoms with van der Waals surface area (Å²) >= 11 is 1.85. The van der Waals surface area contributed by atoms with Crippen LogP contribution in [-0.2, 0) is 5.41 Å². The molecule has 0 N–H and O–H groups in total. The highest BCUT2D eigenvalue weighted by Crippen LogP contribution is 2.67. The van der Waals surface area contributed by atoms with Gasteiger partial charge in [0, 0.05) is 31.9 Å². The maximum Gasteiger partial charge on any atom is 0.140 e. The first kappa shape index (κ1) is 22.7. The van der Waals surface area contributed by atoms with Crippen LogP contribution in [-0.4, -0.2) is 0 Å². The number of fused-ring (bicyclic) bond motifs is 14. The van der Waals surface area contributed by atoms with Crippen LogP contribution in [0.2, 0.25) is 0 Å². The molecular formula is C39H23NOS. The van der Waals surface area contributed by atoms with Gasteiger partial charge in [0.1, 0.15) is 11.3 Å². The van der Waals surface area contributed by atoms with E-state index in [0.717, 1.165) is 11.3 Å². The van der Waals surface area contributed by atoms with E-state index in [1.165, 1.54) is 71.2 Å². The molecule has 0 radical (unpaired) electrons. The molecule has 0 bridgehead atoms. The van der Waals surface area contributed by atoms with Crippen LogP contribution in [0.25, 0.3) is 33.4 Å². The van der Waals surface area contributed by atoms with Gasteiger partial charge in [-0.3, -0.25) is 0 Å². The zero-order valence-electron chi connectivity index (χ0n) is 22.5. The highest BCUT2D eigenvalue weighted by atomic mass is 32.2. The molecule has 3 aliphatic rings. The van der Waals surface area contributed by atoms with E-state index in [4.69, 9.17) is 4.42 Å². The van der Waals surface area contributed by atoms with E-state index in [2.05, 4.69) is 144 Å². The van der Waals surface area contributed by atoms with Crippen molar-refractivity contribution in [3.63, 3.8) is 0 Å². The van der Waals surface area contributed by atoms with Gasteiger partial charge in [-0.15, -0.1) is 0 Å². The van der Waals surface area contributed by atoms with Crippen LogP contribution in [0, 0.1) is 0 Å². The summed E-state index contributed by atoms with van der Waals surface area (Å²) in [7, 11) is 0. The molecule has 6 aromatic carbocycles. The largest absolute Gasteiger partial charge is 0.456 e. The molecule has 3 heteroatoms. The van der Waals surface area contributed by atoms with Crippen molar-refractivity contribution in [2.75, 3.05) is 4.90 Å². The molecule has 0 fully saturated rings. The van der Waals surface area contributed by atoms with Gasteiger partial charge in [-0.1, -0.05) is 115 Å². The van der Waals surface area contributed by atoms with Gasteiger partial charge < -0.3 is 9.32 Å². The first-order chi connectivity index (χ1) is 20.9. The standard InChI is InChI=1S/C39H23NOS/c1-4-16-28-24(12-1)25-13-2-5-17-29(25)39(28)36-27(38-37(39)26-14-3-8-21-33(26)41-38)15-11-20-32(36)40-30-18-6-9-22-34(30)42-35-23-10-7-19-31(35)40/h1-23H. The Balaban J connectivity index is 1.40. The summed E-state index contributed by atoms with van der Waals surface area (Å²) in [5.41, 5.74) is 13.0. The van der Waals surface area contributed by atoms with Crippen molar-refractivity contribution >= 4 is 39.8 Å². The van der Waals surface area contributed by atoms with E-state index in [-0.39, 0.29) is 0 Å². The summed E-state index contributed by atoms with van der Waals surface area (Å²) in [4.78, 5) is 5.00. The van der Waals surface area contributed by atoms with Crippen molar-refractivity contribution in [1.82, 2.24) is 0 Å². The second-order valence-corrected chi connectivity index (χ2v) is 12.3. The monoisotopic (exact) mass is 553 g/mol. The fourth-order valence-corrected chi connectivity index (χ4v) is 8.84. The summed E-state index contributed by atoms with van der Waals surface area (Å²) in [6.07, 6.45) is 0. The lowest BCUT2D eigenvalue weighted by atomic mass is 9.69. The minimum absolute atomic E-state index is 0.518. The highest BCUT2D eigenvalue weighted by Gasteiger charge is 2.56. The molecule has 1 aliphatic heterocycles. The molecule has 196 valence electrons. The van der Waals surface area contributed by atoms with E-state index < -0.39 is 5.41 Å². The summed E-state index contributed by atoms with van der Waals surface area (Å²) in [5, 5.41) is 1.18. The number of furan rings is 1. The molecule has 42 heavy (non-hydrogen) atoms. The van der Waals surface area contributed by atoms with Crippen LogP contribution in [0.15, 0.2) is 154 Å². The van der Waals surface area contributed by atoms with E-state index >= 15 is 0 Å². The second kappa shape index (κ2) is 8.06. The molecule has 1 spiro atoms. The lowest BCUT2D eigenvalue weighted by Crippen LogP contribution is -2.28. The minimum atomic E-state index is -0.518. The lowest BCUT2D eigenvalue weighted by Gasteiger charge is -2.38. The topological polar surface area (TPSA) is 16.4 Å². The first-order valence-electron chi connectivity index (χ1n) is 14.4. The van der Waals surface area contributed by atoms with E-state index in [1.54, 1.807) is 0 Å². The van der Waals surface area contributed by atoms with Crippen molar-refractivity contribution in [2.24, 2.45) is 0 Å². The molecular weight excluding hydrogens is 531 g/mol. The van der Waals surface area contributed by atoms with Gasteiger partial charge in [0.15, 0.2) is 0 Å². The highest BCUT2D eigenvalue weighted by molar-refractivity contribution is 7.99. The van der Waals surface area contributed by atoms with Gasteiger partial charge in [0.2, 0.25) is 0 Å². The van der Waals surface area contributed by atoms with Gasteiger partial charge in [0.05, 0.1) is 22.5 Å². The molecule has 2 nitrogen and oxygen atoms in total. The Hall–Kier alpha value is -4.99. The average Bonchev–Trinajstić information content (AvgIpc) is 3.67. The maximum atomic E-state index is 6.81. The Bertz CT molecular complexity index is 2170. The molecule has 0 atom stereocenters. The van der Waals surface area contributed by atoms with Crippen LogP contribution < -0.4 is 4.90 Å². The number of nitrogens with zero attached hydrogens (tertiary/aromatic N) is 1. The van der Waals surface area contributed by atoms with E-state index in [1.807, 2.05) is 11.8 Å². The Kier molecular flexibility index (Phi) is 4.35. The molecule has 0 amide bonds. The molecule has 0 saturated carbocycles. The third-order valence-electron chi connectivity index (χ3n) is 9.26. The third kappa shape index (κ3) is 2.63. The number of benzene rings is 6. The van der Waals surface area contributed by atoms with Gasteiger partial charge in [-0.05, 0) is 58.7 Å². The molecule has 0 unspecified atom stereocenters. The molecule has 2 aliphatic carbocycles. The number of anilines is 3. The Labute approximate surface area is 247 Å². The second-order valence-electron chi connectivity index (χ2n) is 11.2. The first-order valence-corrected chi connectivity index (χ1v) is 15.2. The molecule has 1 aromatic heterocycles. The van der Waals surface area contributed by atoms with Gasteiger partial charge in [-0.2, -0.15) is 0 Å². The summed E-state index contributed by atoms with van der Waals surface area (Å²) < 4.78 is 6.81. The average molecular weight is 554 g/mol. The normalized spacial score (nSPS) is 14.7. The van der Waals surface area contributed by atoms with Crippen LogP contribution in [0.4, 0.5) is 17.1 Å². The fraction of sp³-hybridized carbons (Fsp3) is 0.0256. The molecule has 2 heterocycles. The predicted molar refractivity (Wildman–Crippen MR) is 171 cm³/mol. The Morgan fingerprint density at radius 2 is 1.02 bits per heavy atom. The fourth-order valence-electron chi connectivity index (χ4n) is 7.78. The molecule has 10 rings (SSSR count). The van der Waals surface area contributed by atoms with Crippen molar-refractivity contribution in [1.29, 1.82) is 0 Å². The van der Waals surface area contributed by atoms with Gasteiger partial charge in [-0.25, -0.2) is 0 Å². The Morgan fingerprint density at radius 1 is 0.476 bits per heavy atom. The summed E-state index contributed by atoms with van der Waals surface area (Å²) in [5.74, 6) is 0.979. The SMILES string of the molecule is c1ccc2c(c1)Sc1ccccc1N2c1cccc2c1C1(c3ccccc3-c3ccccc31)c1c-2oc2ccccc12. The third-order valence-corrected chi connectivity index (χ3v) is 10.4. The van der Waals surface area contributed by atoms with Crippen molar-refractivity contribution in [3.8, 4) is 22.5 Å².